The van der Waals surface area contributed by atoms with Crippen LogP contribution >= 0.6 is 11.3 Å². The maximum absolute atomic E-state index is 11.9. The van der Waals surface area contributed by atoms with Gasteiger partial charge in [-0.05, 0) is 25.3 Å². The van der Waals surface area contributed by atoms with E-state index in [4.69, 9.17) is 4.74 Å². The van der Waals surface area contributed by atoms with Crippen LogP contribution in [-0.2, 0) is 22.4 Å². The highest BCUT2D eigenvalue weighted by Crippen LogP contribution is 2.15. The second-order valence-electron chi connectivity index (χ2n) is 5.52. The molecule has 0 aliphatic carbocycles. The molecule has 1 N–H and O–H groups in total. The first-order valence-corrected chi connectivity index (χ1v) is 8.50. The van der Waals surface area contributed by atoms with E-state index in [0.29, 0.717) is 12.3 Å². The summed E-state index contributed by atoms with van der Waals surface area (Å²) in [6.07, 6.45) is 2.49. The summed E-state index contributed by atoms with van der Waals surface area (Å²) in [5, 5.41) is 6.13. The number of hydrogen-bond donors (Lipinski definition) is 1. The molecule has 1 aliphatic heterocycles. The van der Waals surface area contributed by atoms with E-state index in [1.807, 2.05) is 5.38 Å². The SMILES string of the molecule is CCc1nc(CC(=O)NCC2CCN(CCOC)C2)cs1. The zero-order valence-corrected chi connectivity index (χ0v) is 13.7. The van der Waals surface area contributed by atoms with Gasteiger partial charge in [-0.25, -0.2) is 4.98 Å². The Morgan fingerprint density at radius 3 is 3.19 bits per heavy atom. The second-order valence-corrected chi connectivity index (χ2v) is 6.46. The number of carbonyl (C=O) groups is 1. The molecule has 0 bridgehead atoms. The first-order chi connectivity index (χ1) is 10.2. The number of nitrogens with zero attached hydrogens (tertiary/aromatic N) is 2. The predicted octanol–water partition coefficient (Wildman–Crippen LogP) is 1.33. The van der Waals surface area contributed by atoms with E-state index >= 15 is 0 Å². The van der Waals surface area contributed by atoms with Crippen molar-refractivity contribution in [1.82, 2.24) is 15.2 Å². The molecular weight excluding hydrogens is 286 g/mol. The lowest BCUT2D eigenvalue weighted by atomic mass is 10.1. The number of aromatic nitrogens is 1. The van der Waals surface area contributed by atoms with E-state index in [2.05, 4.69) is 22.1 Å². The first-order valence-electron chi connectivity index (χ1n) is 7.62. The van der Waals surface area contributed by atoms with Crippen molar-refractivity contribution in [2.45, 2.75) is 26.2 Å². The van der Waals surface area contributed by atoms with Gasteiger partial charge in [0.05, 0.1) is 23.7 Å². The van der Waals surface area contributed by atoms with Crippen LogP contribution in [0.1, 0.15) is 24.0 Å². The van der Waals surface area contributed by atoms with Gasteiger partial charge in [-0.2, -0.15) is 0 Å². The number of methoxy groups -OCH3 is 1. The molecule has 1 aliphatic rings. The summed E-state index contributed by atoms with van der Waals surface area (Å²) in [4.78, 5) is 18.8. The number of thiazole rings is 1. The summed E-state index contributed by atoms with van der Waals surface area (Å²) in [6, 6.07) is 0. The van der Waals surface area contributed by atoms with Crippen molar-refractivity contribution in [1.29, 1.82) is 0 Å². The summed E-state index contributed by atoms with van der Waals surface area (Å²) in [5.41, 5.74) is 0.891. The Morgan fingerprint density at radius 1 is 1.62 bits per heavy atom. The van der Waals surface area contributed by atoms with Crippen molar-refractivity contribution in [3.63, 3.8) is 0 Å². The Bertz CT molecular complexity index is 450. The Balaban J connectivity index is 1.65. The molecule has 1 amide bonds. The van der Waals surface area contributed by atoms with Crippen LogP contribution in [0.2, 0.25) is 0 Å². The van der Waals surface area contributed by atoms with Crippen LogP contribution in [0.5, 0.6) is 0 Å². The smallest absolute Gasteiger partial charge is 0.226 e. The third kappa shape index (κ3) is 5.37. The van der Waals surface area contributed by atoms with Gasteiger partial charge in [-0.1, -0.05) is 6.92 Å². The molecule has 5 nitrogen and oxygen atoms in total. The number of rotatable bonds is 8. The lowest BCUT2D eigenvalue weighted by Crippen LogP contribution is -2.32. The van der Waals surface area contributed by atoms with Gasteiger partial charge >= 0.3 is 0 Å². The van der Waals surface area contributed by atoms with Crippen molar-refractivity contribution in [2.24, 2.45) is 5.92 Å². The van der Waals surface area contributed by atoms with E-state index < -0.39 is 0 Å². The molecular formula is C15H25N3O2S. The van der Waals surface area contributed by atoms with Crippen LogP contribution in [0.15, 0.2) is 5.38 Å². The monoisotopic (exact) mass is 311 g/mol. The van der Waals surface area contributed by atoms with Crippen LogP contribution in [0.4, 0.5) is 0 Å². The zero-order valence-electron chi connectivity index (χ0n) is 12.9. The van der Waals surface area contributed by atoms with Crippen molar-refractivity contribution >= 4 is 17.2 Å². The molecule has 0 aromatic carbocycles. The summed E-state index contributed by atoms with van der Waals surface area (Å²) in [7, 11) is 1.73. The van der Waals surface area contributed by atoms with Crippen LogP contribution in [0.3, 0.4) is 0 Å². The molecule has 0 radical (unpaired) electrons. The van der Waals surface area contributed by atoms with E-state index in [1.165, 1.54) is 0 Å². The van der Waals surface area contributed by atoms with Crippen LogP contribution < -0.4 is 5.32 Å². The van der Waals surface area contributed by atoms with E-state index in [0.717, 1.165) is 56.3 Å². The highest BCUT2D eigenvalue weighted by atomic mass is 32.1. The molecule has 1 aromatic rings. The van der Waals surface area contributed by atoms with Crippen molar-refractivity contribution in [3.05, 3.63) is 16.1 Å². The van der Waals surface area contributed by atoms with Gasteiger partial charge in [0.25, 0.3) is 0 Å². The third-order valence-electron chi connectivity index (χ3n) is 3.81. The normalized spacial score (nSPS) is 19.0. The Labute approximate surface area is 130 Å². The lowest BCUT2D eigenvalue weighted by Gasteiger charge is -2.15. The Kier molecular flexibility index (Phi) is 6.60. The molecule has 2 heterocycles. The number of nitrogens with one attached hydrogen (secondary N) is 1. The fourth-order valence-electron chi connectivity index (χ4n) is 2.58. The average Bonchev–Trinajstić information content (AvgIpc) is 3.12. The minimum Gasteiger partial charge on any atom is -0.383 e. The third-order valence-corrected chi connectivity index (χ3v) is 4.85. The average molecular weight is 311 g/mol. The van der Waals surface area contributed by atoms with Crippen LogP contribution in [0, 0.1) is 5.92 Å². The summed E-state index contributed by atoms with van der Waals surface area (Å²) in [6.45, 7) is 6.78. The van der Waals surface area contributed by atoms with Gasteiger partial charge in [0.2, 0.25) is 5.91 Å². The molecule has 1 fully saturated rings. The zero-order chi connectivity index (χ0) is 15.1. The van der Waals surface area contributed by atoms with Crippen LogP contribution in [-0.4, -0.2) is 55.7 Å². The highest BCUT2D eigenvalue weighted by Gasteiger charge is 2.22. The van der Waals surface area contributed by atoms with Crippen molar-refractivity contribution in [3.8, 4) is 0 Å². The molecule has 1 unspecified atom stereocenters. The predicted molar refractivity (Wildman–Crippen MR) is 84.6 cm³/mol. The van der Waals surface area contributed by atoms with E-state index in [9.17, 15) is 4.79 Å². The first kappa shape index (κ1) is 16.4. The number of amides is 1. The molecule has 118 valence electrons. The fraction of sp³-hybridized carbons (Fsp3) is 0.733. The molecule has 1 saturated heterocycles. The molecule has 0 saturated carbocycles. The van der Waals surface area contributed by atoms with E-state index in [1.54, 1.807) is 18.4 Å². The van der Waals surface area contributed by atoms with Gasteiger partial charge < -0.3 is 15.0 Å². The second kappa shape index (κ2) is 8.46. The molecule has 6 heteroatoms. The number of hydrogen-bond acceptors (Lipinski definition) is 5. The maximum atomic E-state index is 11.9. The minimum atomic E-state index is 0.0818. The molecule has 1 atom stereocenters. The highest BCUT2D eigenvalue weighted by molar-refractivity contribution is 7.09. The minimum absolute atomic E-state index is 0.0818. The van der Waals surface area contributed by atoms with Crippen molar-refractivity contribution in [2.75, 3.05) is 39.9 Å². The number of likely N-dealkylation sites (tertiary alicyclic amines) is 1. The molecule has 2 rings (SSSR count). The Hall–Kier alpha value is -0.980. The molecule has 0 spiro atoms. The fourth-order valence-corrected chi connectivity index (χ4v) is 3.33. The largest absolute Gasteiger partial charge is 0.383 e. The van der Waals surface area contributed by atoms with E-state index in [-0.39, 0.29) is 5.91 Å². The summed E-state index contributed by atoms with van der Waals surface area (Å²) < 4.78 is 5.10. The topological polar surface area (TPSA) is 54.5 Å². The van der Waals surface area contributed by atoms with Crippen molar-refractivity contribution < 1.29 is 9.53 Å². The standard InChI is InChI=1S/C15H25N3O2S/c1-3-15-17-13(11-21-15)8-14(19)16-9-12-4-5-18(10-12)6-7-20-2/h11-12H,3-10H2,1-2H3,(H,16,19). The van der Waals surface area contributed by atoms with Gasteiger partial charge in [0.15, 0.2) is 0 Å². The molecule has 1 aromatic heterocycles. The quantitative estimate of drug-likeness (QED) is 0.787. The van der Waals surface area contributed by atoms with Gasteiger partial charge in [0.1, 0.15) is 0 Å². The van der Waals surface area contributed by atoms with Crippen LogP contribution in [0.25, 0.3) is 0 Å². The number of aryl methyl sites for hydroxylation is 1. The van der Waals surface area contributed by atoms with Gasteiger partial charge in [0, 0.05) is 32.1 Å². The summed E-state index contributed by atoms with van der Waals surface area (Å²) >= 11 is 1.63. The number of ether oxygens (including phenoxy) is 1. The summed E-state index contributed by atoms with van der Waals surface area (Å²) in [5.74, 6) is 0.644. The van der Waals surface area contributed by atoms with Gasteiger partial charge in [-0.3, -0.25) is 4.79 Å². The van der Waals surface area contributed by atoms with Gasteiger partial charge in [-0.15, -0.1) is 11.3 Å². The molecule has 21 heavy (non-hydrogen) atoms. The maximum Gasteiger partial charge on any atom is 0.226 e. The lowest BCUT2D eigenvalue weighted by molar-refractivity contribution is -0.120. The Morgan fingerprint density at radius 2 is 2.48 bits per heavy atom. The number of carbonyl (C=O) groups excluding carboxylic acids is 1.